The van der Waals surface area contributed by atoms with Gasteiger partial charge in [-0.25, -0.2) is 4.98 Å². The van der Waals surface area contributed by atoms with E-state index in [1.807, 2.05) is 6.07 Å². The summed E-state index contributed by atoms with van der Waals surface area (Å²) in [4.78, 5) is 4.62. The van der Waals surface area contributed by atoms with Crippen molar-refractivity contribution in [2.24, 2.45) is 5.92 Å². The first-order valence-corrected chi connectivity index (χ1v) is 6.77. The van der Waals surface area contributed by atoms with Gasteiger partial charge < -0.3 is 5.32 Å². The van der Waals surface area contributed by atoms with Crippen molar-refractivity contribution in [3.05, 3.63) is 24.3 Å². The molecule has 0 amide bonds. The Kier molecular flexibility index (Phi) is 2.56. The van der Waals surface area contributed by atoms with Gasteiger partial charge in [0.1, 0.15) is 0 Å². The highest BCUT2D eigenvalue weighted by atomic mass is 32.1. The van der Waals surface area contributed by atoms with Crippen LogP contribution in [0.2, 0.25) is 0 Å². The highest BCUT2D eigenvalue weighted by Gasteiger charge is 2.23. The molecule has 2 unspecified atom stereocenters. The molecule has 84 valence electrons. The molecule has 1 aliphatic rings. The second kappa shape index (κ2) is 4.06. The third kappa shape index (κ3) is 1.80. The molecule has 1 aliphatic carbocycles. The van der Waals surface area contributed by atoms with Crippen LogP contribution in [0.15, 0.2) is 24.3 Å². The smallest absolute Gasteiger partial charge is 0.184 e. The molecule has 0 spiro atoms. The summed E-state index contributed by atoms with van der Waals surface area (Å²) in [5, 5.41) is 4.67. The summed E-state index contributed by atoms with van der Waals surface area (Å²) < 4.78 is 1.27. The van der Waals surface area contributed by atoms with E-state index in [1.165, 1.54) is 24.0 Å². The number of rotatable bonds is 2. The van der Waals surface area contributed by atoms with Crippen LogP contribution >= 0.6 is 11.3 Å². The minimum Gasteiger partial charge on any atom is -0.358 e. The molecule has 1 aromatic heterocycles. The van der Waals surface area contributed by atoms with Crippen LogP contribution in [0.25, 0.3) is 10.2 Å². The number of hydrogen-bond acceptors (Lipinski definition) is 3. The molecule has 1 saturated carbocycles. The Morgan fingerprint density at radius 1 is 1.31 bits per heavy atom. The number of para-hydroxylation sites is 1. The van der Waals surface area contributed by atoms with Crippen molar-refractivity contribution in [1.29, 1.82) is 0 Å². The standard InChI is InChI=1S/C13H16N2S/c1-9-5-4-7-10(9)14-13-15-11-6-2-3-8-12(11)16-13/h2-3,6,8-10H,4-5,7H2,1H3,(H,14,15). The molecule has 0 radical (unpaired) electrons. The predicted molar refractivity (Wildman–Crippen MR) is 70.0 cm³/mol. The molecule has 1 fully saturated rings. The van der Waals surface area contributed by atoms with E-state index in [0.717, 1.165) is 16.6 Å². The summed E-state index contributed by atoms with van der Waals surface area (Å²) in [6.07, 6.45) is 3.99. The summed E-state index contributed by atoms with van der Waals surface area (Å²) in [6.45, 7) is 2.33. The molecular weight excluding hydrogens is 216 g/mol. The average molecular weight is 232 g/mol. The number of nitrogens with zero attached hydrogens (tertiary/aromatic N) is 1. The largest absolute Gasteiger partial charge is 0.358 e. The summed E-state index contributed by atoms with van der Waals surface area (Å²) in [6, 6.07) is 8.96. The Morgan fingerprint density at radius 2 is 2.19 bits per heavy atom. The van der Waals surface area contributed by atoms with Crippen LogP contribution < -0.4 is 5.32 Å². The van der Waals surface area contributed by atoms with E-state index in [4.69, 9.17) is 0 Å². The average Bonchev–Trinajstić information content (AvgIpc) is 2.85. The topological polar surface area (TPSA) is 24.9 Å². The lowest BCUT2D eigenvalue weighted by Gasteiger charge is -2.15. The van der Waals surface area contributed by atoms with Crippen molar-refractivity contribution in [3.8, 4) is 0 Å². The number of aromatic nitrogens is 1. The first-order chi connectivity index (χ1) is 7.83. The van der Waals surface area contributed by atoms with Crippen molar-refractivity contribution >= 4 is 26.7 Å². The van der Waals surface area contributed by atoms with E-state index >= 15 is 0 Å². The maximum atomic E-state index is 4.62. The summed E-state index contributed by atoms with van der Waals surface area (Å²) in [7, 11) is 0. The van der Waals surface area contributed by atoms with Gasteiger partial charge in [-0.15, -0.1) is 0 Å². The number of benzene rings is 1. The van der Waals surface area contributed by atoms with Gasteiger partial charge in [-0.1, -0.05) is 36.8 Å². The number of nitrogens with one attached hydrogen (secondary N) is 1. The molecule has 2 aromatic rings. The quantitative estimate of drug-likeness (QED) is 0.849. The number of fused-ring (bicyclic) bond motifs is 1. The van der Waals surface area contributed by atoms with Crippen molar-refractivity contribution in [1.82, 2.24) is 4.98 Å². The van der Waals surface area contributed by atoms with Crippen LogP contribution in [0.1, 0.15) is 26.2 Å². The Balaban J connectivity index is 1.83. The van der Waals surface area contributed by atoms with Gasteiger partial charge in [0.2, 0.25) is 0 Å². The molecule has 1 heterocycles. The molecule has 2 atom stereocenters. The zero-order chi connectivity index (χ0) is 11.0. The Labute approximate surface area is 99.7 Å². The van der Waals surface area contributed by atoms with Crippen LogP contribution in [-0.4, -0.2) is 11.0 Å². The van der Waals surface area contributed by atoms with Gasteiger partial charge >= 0.3 is 0 Å². The SMILES string of the molecule is CC1CCCC1Nc1nc2ccccc2s1. The lowest BCUT2D eigenvalue weighted by atomic mass is 10.1. The van der Waals surface area contributed by atoms with E-state index < -0.39 is 0 Å². The third-order valence-electron chi connectivity index (χ3n) is 3.46. The molecule has 1 N–H and O–H groups in total. The Hall–Kier alpha value is -1.09. The van der Waals surface area contributed by atoms with E-state index in [0.29, 0.717) is 6.04 Å². The molecule has 3 rings (SSSR count). The highest BCUT2D eigenvalue weighted by Crippen LogP contribution is 2.31. The lowest BCUT2D eigenvalue weighted by molar-refractivity contribution is 0.556. The number of hydrogen-bond donors (Lipinski definition) is 1. The van der Waals surface area contributed by atoms with Crippen LogP contribution in [0.3, 0.4) is 0 Å². The van der Waals surface area contributed by atoms with Gasteiger partial charge in [0.25, 0.3) is 0 Å². The molecule has 1 aromatic carbocycles. The van der Waals surface area contributed by atoms with Crippen LogP contribution in [0.4, 0.5) is 5.13 Å². The fourth-order valence-corrected chi connectivity index (χ4v) is 3.38. The third-order valence-corrected chi connectivity index (χ3v) is 4.43. The molecule has 0 bridgehead atoms. The first kappa shape index (κ1) is 10.1. The fourth-order valence-electron chi connectivity index (χ4n) is 2.45. The van der Waals surface area contributed by atoms with Crippen LogP contribution in [-0.2, 0) is 0 Å². The Morgan fingerprint density at radius 3 is 2.94 bits per heavy atom. The van der Waals surface area contributed by atoms with Gasteiger partial charge in [0.15, 0.2) is 5.13 Å². The molecule has 16 heavy (non-hydrogen) atoms. The molecule has 3 heteroatoms. The van der Waals surface area contributed by atoms with E-state index in [9.17, 15) is 0 Å². The molecule has 2 nitrogen and oxygen atoms in total. The second-order valence-electron chi connectivity index (χ2n) is 4.65. The highest BCUT2D eigenvalue weighted by molar-refractivity contribution is 7.22. The zero-order valence-electron chi connectivity index (χ0n) is 9.44. The summed E-state index contributed by atoms with van der Waals surface area (Å²) in [5.74, 6) is 0.784. The van der Waals surface area contributed by atoms with Crippen LogP contribution in [0.5, 0.6) is 0 Å². The maximum absolute atomic E-state index is 4.62. The first-order valence-electron chi connectivity index (χ1n) is 5.95. The maximum Gasteiger partial charge on any atom is 0.184 e. The van der Waals surface area contributed by atoms with E-state index in [-0.39, 0.29) is 0 Å². The van der Waals surface area contributed by atoms with Crippen molar-refractivity contribution < 1.29 is 0 Å². The monoisotopic (exact) mass is 232 g/mol. The minimum absolute atomic E-state index is 0.626. The molecule has 0 saturated heterocycles. The van der Waals surface area contributed by atoms with Crippen LogP contribution in [0, 0.1) is 5.92 Å². The normalized spacial score (nSPS) is 25.1. The number of anilines is 1. The van der Waals surface area contributed by atoms with Crippen molar-refractivity contribution in [2.75, 3.05) is 5.32 Å². The molecular formula is C13H16N2S. The molecule has 0 aliphatic heterocycles. The van der Waals surface area contributed by atoms with Gasteiger partial charge in [0.05, 0.1) is 10.2 Å². The summed E-state index contributed by atoms with van der Waals surface area (Å²) >= 11 is 1.76. The second-order valence-corrected chi connectivity index (χ2v) is 5.68. The predicted octanol–water partition coefficient (Wildman–Crippen LogP) is 3.90. The minimum atomic E-state index is 0.626. The Bertz CT molecular complexity index is 458. The summed E-state index contributed by atoms with van der Waals surface area (Å²) in [5.41, 5.74) is 1.11. The van der Waals surface area contributed by atoms with Gasteiger partial charge in [-0.05, 0) is 30.9 Å². The van der Waals surface area contributed by atoms with Crippen molar-refractivity contribution in [2.45, 2.75) is 32.2 Å². The lowest BCUT2D eigenvalue weighted by Crippen LogP contribution is -2.21. The van der Waals surface area contributed by atoms with E-state index in [1.54, 1.807) is 11.3 Å². The van der Waals surface area contributed by atoms with Crippen molar-refractivity contribution in [3.63, 3.8) is 0 Å². The van der Waals surface area contributed by atoms with Gasteiger partial charge in [-0.3, -0.25) is 0 Å². The number of thiazole rings is 1. The van der Waals surface area contributed by atoms with E-state index in [2.05, 4.69) is 35.4 Å². The van der Waals surface area contributed by atoms with Gasteiger partial charge in [0, 0.05) is 6.04 Å². The van der Waals surface area contributed by atoms with Gasteiger partial charge in [-0.2, -0.15) is 0 Å². The fraction of sp³-hybridized carbons (Fsp3) is 0.462. The zero-order valence-corrected chi connectivity index (χ0v) is 10.3.